The third kappa shape index (κ3) is 7.77. The Kier molecular flexibility index (Phi) is 10.8. The summed E-state index contributed by atoms with van der Waals surface area (Å²) in [5, 5.41) is 9.06. The number of piperidine rings is 1. The second-order valence-electron chi connectivity index (χ2n) is 11.2. The Balaban J connectivity index is 0.000000586. The van der Waals surface area contributed by atoms with E-state index in [1.807, 2.05) is 6.33 Å². The van der Waals surface area contributed by atoms with Crippen molar-refractivity contribution >= 4 is 22.9 Å². The van der Waals surface area contributed by atoms with Crippen LogP contribution in [0.2, 0.25) is 0 Å². The Morgan fingerprint density at radius 1 is 0.919 bits per heavy atom. The molecule has 0 radical (unpaired) electrons. The fourth-order valence-electron chi connectivity index (χ4n) is 6.10. The van der Waals surface area contributed by atoms with Crippen molar-refractivity contribution in [2.24, 2.45) is 11.7 Å². The number of aromatic nitrogens is 4. The van der Waals surface area contributed by atoms with Gasteiger partial charge in [-0.3, -0.25) is 0 Å². The standard InChI is InChI=1S/C24H40N8.C4H11N/c1-2-5-17-12-14-31(15-13-17)30-22-21-23(32(16-26-21)20-6-3-4-7-20)29-24(28-22)27-19-10-8-18(25)9-11-19;1-3-5-4-2/h16-20H,2-15,25H2,1H3,(H2,27,28,29,30);5H,3-4H2,1-2H3. The van der Waals surface area contributed by atoms with E-state index < -0.39 is 0 Å². The molecule has 9 nitrogen and oxygen atoms in total. The first-order valence-corrected chi connectivity index (χ1v) is 15.1. The van der Waals surface area contributed by atoms with Gasteiger partial charge >= 0.3 is 0 Å². The molecule has 0 atom stereocenters. The number of imidazole rings is 1. The largest absolute Gasteiger partial charge is 0.351 e. The molecule has 0 unspecified atom stereocenters. The maximum absolute atomic E-state index is 6.11. The van der Waals surface area contributed by atoms with Crippen LogP contribution in [0.5, 0.6) is 0 Å². The lowest BCUT2D eigenvalue weighted by Gasteiger charge is -2.32. The van der Waals surface area contributed by atoms with E-state index in [-0.39, 0.29) is 0 Å². The zero-order chi connectivity index (χ0) is 26.0. The van der Waals surface area contributed by atoms with Gasteiger partial charge in [-0.25, -0.2) is 9.99 Å². The average molecular weight is 514 g/mol. The molecule has 3 fully saturated rings. The molecular formula is C28H51N9. The monoisotopic (exact) mass is 513 g/mol. The molecule has 1 saturated heterocycles. The van der Waals surface area contributed by atoms with Crippen LogP contribution in [0.15, 0.2) is 6.33 Å². The van der Waals surface area contributed by atoms with Gasteiger partial charge < -0.3 is 26.4 Å². The van der Waals surface area contributed by atoms with Gasteiger partial charge in [0.15, 0.2) is 17.0 Å². The van der Waals surface area contributed by atoms with Crippen LogP contribution in [0.3, 0.4) is 0 Å². The highest BCUT2D eigenvalue weighted by Crippen LogP contribution is 2.34. The average Bonchev–Trinajstić information content (AvgIpc) is 3.58. The molecule has 2 aliphatic carbocycles. The minimum atomic E-state index is 0.341. The molecule has 0 aromatic carbocycles. The van der Waals surface area contributed by atoms with Crippen molar-refractivity contribution in [3.05, 3.63) is 6.33 Å². The van der Waals surface area contributed by atoms with E-state index in [0.717, 1.165) is 80.7 Å². The fourth-order valence-corrected chi connectivity index (χ4v) is 6.10. The molecule has 3 heterocycles. The quantitative estimate of drug-likeness (QED) is 0.368. The van der Waals surface area contributed by atoms with Gasteiger partial charge in [-0.15, -0.1) is 0 Å². The Hall–Kier alpha value is -1.97. The Morgan fingerprint density at radius 3 is 2.24 bits per heavy atom. The number of anilines is 2. The lowest BCUT2D eigenvalue weighted by atomic mass is 9.92. The van der Waals surface area contributed by atoms with Crippen LogP contribution >= 0.6 is 0 Å². The van der Waals surface area contributed by atoms with Crippen molar-refractivity contribution in [1.29, 1.82) is 0 Å². The van der Waals surface area contributed by atoms with Gasteiger partial charge in [-0.05, 0) is 70.4 Å². The number of nitrogens with one attached hydrogen (secondary N) is 3. The van der Waals surface area contributed by atoms with Crippen molar-refractivity contribution < 1.29 is 0 Å². The van der Waals surface area contributed by atoms with E-state index in [9.17, 15) is 0 Å². The number of hydrogen-bond acceptors (Lipinski definition) is 8. The van der Waals surface area contributed by atoms with Gasteiger partial charge in [-0.1, -0.05) is 46.5 Å². The van der Waals surface area contributed by atoms with Crippen molar-refractivity contribution in [2.75, 3.05) is 36.9 Å². The van der Waals surface area contributed by atoms with Crippen LogP contribution < -0.4 is 21.8 Å². The summed E-state index contributed by atoms with van der Waals surface area (Å²) in [5.41, 5.74) is 11.6. The summed E-state index contributed by atoms with van der Waals surface area (Å²) in [7, 11) is 0. The third-order valence-corrected chi connectivity index (χ3v) is 8.32. The van der Waals surface area contributed by atoms with E-state index in [1.54, 1.807) is 0 Å². The first-order chi connectivity index (χ1) is 18.1. The number of nitrogens with two attached hydrogens (primary N) is 1. The van der Waals surface area contributed by atoms with Gasteiger partial charge in [0.2, 0.25) is 5.95 Å². The van der Waals surface area contributed by atoms with E-state index in [4.69, 9.17) is 20.7 Å². The minimum absolute atomic E-state index is 0.341. The predicted molar refractivity (Wildman–Crippen MR) is 154 cm³/mol. The second-order valence-corrected chi connectivity index (χ2v) is 11.2. The number of nitrogens with zero attached hydrogens (tertiary/aromatic N) is 5. The van der Waals surface area contributed by atoms with Crippen LogP contribution in [-0.4, -0.2) is 62.8 Å². The maximum Gasteiger partial charge on any atom is 0.227 e. The number of hydrazine groups is 1. The molecule has 2 aromatic heterocycles. The lowest BCUT2D eigenvalue weighted by molar-refractivity contribution is 0.209. The molecule has 37 heavy (non-hydrogen) atoms. The summed E-state index contributed by atoms with van der Waals surface area (Å²) >= 11 is 0. The summed E-state index contributed by atoms with van der Waals surface area (Å²) in [6.07, 6.45) is 16.4. The molecule has 5 rings (SSSR count). The van der Waals surface area contributed by atoms with Crippen molar-refractivity contribution in [2.45, 2.75) is 116 Å². The van der Waals surface area contributed by atoms with E-state index in [2.05, 4.69) is 46.4 Å². The summed E-state index contributed by atoms with van der Waals surface area (Å²) in [6.45, 7) is 10.8. The summed E-state index contributed by atoms with van der Waals surface area (Å²) in [5.74, 6) is 2.43. The highest BCUT2D eigenvalue weighted by atomic mass is 15.5. The number of rotatable bonds is 9. The number of hydrogen-bond donors (Lipinski definition) is 4. The topological polar surface area (TPSA) is 109 Å². The Morgan fingerprint density at radius 2 is 1.62 bits per heavy atom. The van der Waals surface area contributed by atoms with Gasteiger partial charge in [0, 0.05) is 31.2 Å². The van der Waals surface area contributed by atoms with Crippen molar-refractivity contribution in [3.8, 4) is 0 Å². The van der Waals surface area contributed by atoms with Crippen molar-refractivity contribution in [1.82, 2.24) is 29.8 Å². The second kappa shape index (κ2) is 14.3. The Labute approximate surface area is 223 Å². The third-order valence-electron chi connectivity index (χ3n) is 8.32. The normalized spacial score (nSPS) is 23.7. The highest BCUT2D eigenvalue weighted by molar-refractivity contribution is 5.84. The first kappa shape index (κ1) is 28.0. The van der Waals surface area contributed by atoms with Crippen LogP contribution in [0, 0.1) is 5.92 Å². The molecule has 3 aliphatic rings. The van der Waals surface area contributed by atoms with Crippen LogP contribution in [0.25, 0.3) is 11.2 Å². The SMILES string of the molecule is CCCC1CCN(Nc2nc(NC3CCC(N)CC3)nc3c2ncn3C2CCCC2)CC1.CCNCC. The molecular weight excluding hydrogens is 462 g/mol. The van der Waals surface area contributed by atoms with Crippen molar-refractivity contribution in [3.63, 3.8) is 0 Å². The maximum atomic E-state index is 6.11. The smallest absolute Gasteiger partial charge is 0.227 e. The minimum Gasteiger partial charge on any atom is -0.351 e. The van der Waals surface area contributed by atoms with E-state index in [0.29, 0.717) is 18.1 Å². The van der Waals surface area contributed by atoms with E-state index >= 15 is 0 Å². The van der Waals surface area contributed by atoms with Gasteiger partial charge in [0.25, 0.3) is 0 Å². The van der Waals surface area contributed by atoms with Crippen LogP contribution in [0.4, 0.5) is 11.8 Å². The lowest BCUT2D eigenvalue weighted by Crippen LogP contribution is -2.38. The molecule has 5 N–H and O–H groups in total. The van der Waals surface area contributed by atoms with Gasteiger partial charge in [0.05, 0.1) is 6.33 Å². The first-order valence-electron chi connectivity index (χ1n) is 15.1. The molecule has 0 bridgehead atoms. The van der Waals surface area contributed by atoms with Gasteiger partial charge in [0.1, 0.15) is 0 Å². The van der Waals surface area contributed by atoms with Gasteiger partial charge in [-0.2, -0.15) is 9.97 Å². The number of fused-ring (bicyclic) bond motifs is 1. The Bertz CT molecular complexity index is 921. The van der Waals surface area contributed by atoms with E-state index in [1.165, 1.54) is 51.4 Å². The molecule has 0 spiro atoms. The van der Waals surface area contributed by atoms with Crippen LogP contribution in [0.1, 0.15) is 104 Å². The zero-order valence-electron chi connectivity index (χ0n) is 23.5. The molecule has 1 aliphatic heterocycles. The fraction of sp³-hybridized carbons (Fsp3) is 0.821. The van der Waals surface area contributed by atoms with Crippen LogP contribution in [-0.2, 0) is 0 Å². The summed E-state index contributed by atoms with van der Waals surface area (Å²) in [4.78, 5) is 14.7. The molecule has 208 valence electrons. The highest BCUT2D eigenvalue weighted by Gasteiger charge is 2.25. The molecule has 9 heteroatoms. The molecule has 0 amide bonds. The summed E-state index contributed by atoms with van der Waals surface area (Å²) < 4.78 is 2.30. The molecule has 2 aromatic rings. The predicted octanol–water partition coefficient (Wildman–Crippen LogP) is 5.08. The molecule has 2 saturated carbocycles. The summed E-state index contributed by atoms with van der Waals surface area (Å²) in [6, 6.07) is 1.24. The zero-order valence-corrected chi connectivity index (χ0v) is 23.5.